The lowest BCUT2D eigenvalue weighted by Crippen LogP contribution is -2.18. The van der Waals surface area contributed by atoms with Crippen molar-refractivity contribution in [1.29, 1.82) is 5.26 Å². The van der Waals surface area contributed by atoms with Crippen molar-refractivity contribution in [3.63, 3.8) is 0 Å². The molecule has 0 amide bonds. The Balaban J connectivity index is 2.83. The van der Waals surface area contributed by atoms with Crippen LogP contribution in [0.3, 0.4) is 0 Å². The molecule has 1 atom stereocenters. The Morgan fingerprint density at radius 1 is 1.69 bits per heavy atom. The molecule has 2 nitrogen and oxygen atoms in total. The van der Waals surface area contributed by atoms with E-state index in [1.165, 1.54) is 4.88 Å². The topological polar surface area (TPSA) is 27.0 Å². The molecular formula is C9H11BrN2S. The Bertz CT molecular complexity index is 314. The summed E-state index contributed by atoms with van der Waals surface area (Å²) in [5, 5.41) is 10.7. The molecule has 1 unspecified atom stereocenters. The minimum atomic E-state index is 0.223. The molecule has 0 aliphatic rings. The van der Waals surface area contributed by atoms with Crippen molar-refractivity contribution in [2.24, 2.45) is 0 Å². The molecule has 4 heteroatoms. The average Bonchev–Trinajstić information content (AvgIpc) is 2.46. The zero-order valence-corrected chi connectivity index (χ0v) is 10.0. The first-order valence-corrected chi connectivity index (χ1v) is 5.59. The number of nitriles is 1. The summed E-state index contributed by atoms with van der Waals surface area (Å²) in [6, 6.07) is 4.51. The molecule has 0 radical (unpaired) electrons. The van der Waals surface area contributed by atoms with Crippen LogP contribution in [-0.4, -0.2) is 19.0 Å². The molecule has 13 heavy (non-hydrogen) atoms. The van der Waals surface area contributed by atoms with Crippen LogP contribution in [0.4, 0.5) is 0 Å². The van der Waals surface area contributed by atoms with E-state index in [4.69, 9.17) is 5.26 Å². The quantitative estimate of drug-likeness (QED) is 0.834. The smallest absolute Gasteiger partial charge is 0.0642 e. The third kappa shape index (κ3) is 2.80. The van der Waals surface area contributed by atoms with Gasteiger partial charge < -0.3 is 4.90 Å². The maximum Gasteiger partial charge on any atom is 0.0642 e. The predicted molar refractivity (Wildman–Crippen MR) is 58.7 cm³/mol. The first-order chi connectivity index (χ1) is 6.15. The van der Waals surface area contributed by atoms with Crippen molar-refractivity contribution < 1.29 is 0 Å². The Labute approximate surface area is 90.9 Å². The van der Waals surface area contributed by atoms with Gasteiger partial charge in [-0.15, -0.1) is 11.3 Å². The Morgan fingerprint density at radius 3 is 2.77 bits per heavy atom. The highest BCUT2D eigenvalue weighted by atomic mass is 79.9. The molecule has 0 fully saturated rings. The van der Waals surface area contributed by atoms with E-state index >= 15 is 0 Å². The minimum absolute atomic E-state index is 0.223. The maximum absolute atomic E-state index is 8.67. The van der Waals surface area contributed by atoms with E-state index in [2.05, 4.69) is 33.0 Å². The summed E-state index contributed by atoms with van der Waals surface area (Å²) in [5.41, 5.74) is 0. The van der Waals surface area contributed by atoms with Crippen molar-refractivity contribution in [2.45, 2.75) is 12.5 Å². The predicted octanol–water partition coefficient (Wildman–Crippen LogP) is 3.03. The van der Waals surface area contributed by atoms with Crippen molar-refractivity contribution in [3.8, 4) is 6.07 Å². The van der Waals surface area contributed by atoms with Gasteiger partial charge in [0.15, 0.2) is 0 Å². The summed E-state index contributed by atoms with van der Waals surface area (Å²) >= 11 is 5.10. The first-order valence-electron chi connectivity index (χ1n) is 3.92. The van der Waals surface area contributed by atoms with Gasteiger partial charge in [-0.1, -0.05) is 0 Å². The maximum atomic E-state index is 8.67. The van der Waals surface area contributed by atoms with Gasteiger partial charge in [-0.3, -0.25) is 0 Å². The van der Waals surface area contributed by atoms with E-state index < -0.39 is 0 Å². The summed E-state index contributed by atoms with van der Waals surface area (Å²) in [6.07, 6.45) is 0.542. The van der Waals surface area contributed by atoms with E-state index in [0.717, 1.165) is 4.47 Å². The normalized spacial score (nSPS) is 12.8. The Hall–Kier alpha value is -0.370. The van der Waals surface area contributed by atoms with Crippen LogP contribution in [0.2, 0.25) is 0 Å². The molecule has 0 aliphatic heterocycles. The second kappa shape index (κ2) is 4.75. The van der Waals surface area contributed by atoms with Crippen molar-refractivity contribution in [1.82, 2.24) is 4.90 Å². The van der Waals surface area contributed by atoms with Crippen LogP contribution in [0.15, 0.2) is 15.9 Å². The lowest BCUT2D eigenvalue weighted by molar-refractivity contribution is 0.308. The third-order valence-corrected chi connectivity index (χ3v) is 3.62. The van der Waals surface area contributed by atoms with E-state index in [9.17, 15) is 0 Å². The molecule has 0 N–H and O–H groups in total. The average molecular weight is 259 g/mol. The molecule has 1 aromatic rings. The summed E-state index contributed by atoms with van der Waals surface area (Å²) < 4.78 is 1.09. The summed E-state index contributed by atoms with van der Waals surface area (Å²) in [7, 11) is 3.99. The molecule has 1 aromatic heterocycles. The highest BCUT2D eigenvalue weighted by Crippen LogP contribution is 2.29. The highest BCUT2D eigenvalue weighted by molar-refractivity contribution is 9.10. The molecule has 0 saturated heterocycles. The second-order valence-electron chi connectivity index (χ2n) is 3.01. The van der Waals surface area contributed by atoms with Gasteiger partial charge in [-0.05, 0) is 36.1 Å². The number of hydrogen-bond acceptors (Lipinski definition) is 3. The summed E-state index contributed by atoms with van der Waals surface area (Å²) in [6.45, 7) is 0. The Kier molecular flexibility index (Phi) is 3.91. The summed E-state index contributed by atoms with van der Waals surface area (Å²) in [5.74, 6) is 0. The molecule has 0 saturated carbocycles. The van der Waals surface area contributed by atoms with Crippen LogP contribution in [-0.2, 0) is 0 Å². The summed E-state index contributed by atoms with van der Waals surface area (Å²) in [4.78, 5) is 3.31. The first kappa shape index (κ1) is 10.7. The largest absolute Gasteiger partial charge is 0.301 e. The molecule has 70 valence electrons. The fourth-order valence-corrected chi connectivity index (χ4v) is 2.77. The molecular weight excluding hydrogens is 248 g/mol. The lowest BCUT2D eigenvalue weighted by Gasteiger charge is -2.19. The fourth-order valence-electron chi connectivity index (χ4n) is 1.13. The van der Waals surface area contributed by atoms with E-state index in [1.54, 1.807) is 11.3 Å². The molecule has 0 bridgehead atoms. The number of hydrogen-bond donors (Lipinski definition) is 0. The molecule has 0 aromatic carbocycles. The van der Waals surface area contributed by atoms with Crippen LogP contribution in [0.5, 0.6) is 0 Å². The molecule has 1 heterocycles. The van der Waals surface area contributed by atoms with Crippen LogP contribution >= 0.6 is 27.3 Å². The zero-order chi connectivity index (χ0) is 9.84. The monoisotopic (exact) mass is 258 g/mol. The molecule has 0 spiro atoms. The van der Waals surface area contributed by atoms with Crippen molar-refractivity contribution >= 4 is 27.3 Å². The van der Waals surface area contributed by atoms with E-state index in [0.29, 0.717) is 6.42 Å². The standard InChI is InChI=1S/C9H11BrN2S/c1-12(2)8(3-4-11)9-5-7(10)6-13-9/h5-6,8H,3H2,1-2H3. The van der Waals surface area contributed by atoms with E-state index in [1.807, 2.05) is 19.5 Å². The van der Waals surface area contributed by atoms with Crippen LogP contribution in [0.25, 0.3) is 0 Å². The third-order valence-electron chi connectivity index (χ3n) is 1.82. The van der Waals surface area contributed by atoms with Gasteiger partial charge in [0.1, 0.15) is 0 Å². The van der Waals surface area contributed by atoms with Crippen molar-refractivity contribution in [2.75, 3.05) is 14.1 Å². The van der Waals surface area contributed by atoms with Crippen molar-refractivity contribution in [3.05, 3.63) is 20.8 Å². The molecule has 0 aliphatic carbocycles. The lowest BCUT2D eigenvalue weighted by atomic mass is 10.2. The number of nitrogens with zero attached hydrogens (tertiary/aromatic N) is 2. The van der Waals surface area contributed by atoms with Crippen LogP contribution < -0.4 is 0 Å². The van der Waals surface area contributed by atoms with Gasteiger partial charge in [0, 0.05) is 14.7 Å². The highest BCUT2D eigenvalue weighted by Gasteiger charge is 2.15. The molecule has 1 rings (SSSR count). The van der Waals surface area contributed by atoms with E-state index in [-0.39, 0.29) is 6.04 Å². The van der Waals surface area contributed by atoms with Gasteiger partial charge in [0.25, 0.3) is 0 Å². The number of rotatable bonds is 3. The van der Waals surface area contributed by atoms with Gasteiger partial charge in [0.2, 0.25) is 0 Å². The van der Waals surface area contributed by atoms with Gasteiger partial charge >= 0.3 is 0 Å². The SMILES string of the molecule is CN(C)C(CC#N)c1cc(Br)cs1. The number of halogens is 1. The van der Waals surface area contributed by atoms with Crippen LogP contribution in [0, 0.1) is 11.3 Å². The second-order valence-corrected chi connectivity index (χ2v) is 4.87. The fraction of sp³-hybridized carbons (Fsp3) is 0.444. The van der Waals surface area contributed by atoms with Gasteiger partial charge in [-0.2, -0.15) is 5.26 Å². The zero-order valence-electron chi connectivity index (χ0n) is 7.62. The number of thiophene rings is 1. The van der Waals surface area contributed by atoms with Crippen LogP contribution in [0.1, 0.15) is 17.3 Å². The van der Waals surface area contributed by atoms with Gasteiger partial charge in [-0.25, -0.2) is 0 Å². The van der Waals surface area contributed by atoms with Gasteiger partial charge in [0.05, 0.1) is 18.5 Å². The minimum Gasteiger partial charge on any atom is -0.301 e. The Morgan fingerprint density at radius 2 is 2.38 bits per heavy atom.